The second kappa shape index (κ2) is 4.03. The van der Waals surface area contributed by atoms with Crippen LogP contribution in [0.25, 0.3) is 22.2 Å². The zero-order chi connectivity index (χ0) is 12.7. The van der Waals surface area contributed by atoms with E-state index in [9.17, 15) is 10.3 Å². The van der Waals surface area contributed by atoms with Crippen molar-refractivity contribution in [2.24, 2.45) is 0 Å². The number of para-hydroxylation sites is 1. The smallest absolute Gasteiger partial charge is 0.288 e. The van der Waals surface area contributed by atoms with Gasteiger partial charge in [-0.2, -0.15) is 0 Å². The number of nitrogens with zero attached hydrogens (tertiary/aromatic N) is 1. The summed E-state index contributed by atoms with van der Waals surface area (Å²) < 4.78 is 5.93. The van der Waals surface area contributed by atoms with Gasteiger partial charge in [0.25, 0.3) is 5.69 Å². The van der Waals surface area contributed by atoms with Gasteiger partial charge < -0.3 is 9.63 Å². The van der Waals surface area contributed by atoms with Crippen molar-refractivity contribution in [3.8, 4) is 17.0 Å². The van der Waals surface area contributed by atoms with Gasteiger partial charge in [-0.05, 0) is 30.3 Å². The second-order valence-corrected chi connectivity index (χ2v) is 4.77. The molecule has 0 bridgehead atoms. The summed E-state index contributed by atoms with van der Waals surface area (Å²) >= 11 is 3.35. The molecule has 3 aromatic rings. The topological polar surface area (TPSA) is 60.3 Å². The molecular weight excluding hydrogens is 298 g/mol. The van der Waals surface area contributed by atoms with Crippen molar-refractivity contribution in [2.75, 3.05) is 0 Å². The third-order valence-corrected chi connectivity index (χ3v) is 3.21. The number of hydrogen-bond acceptors (Lipinski definition) is 3. The molecule has 1 heterocycles. The first-order chi connectivity index (χ1) is 8.66. The first kappa shape index (κ1) is 11.1. The lowest BCUT2D eigenvalue weighted by Gasteiger charge is -1.98. The Morgan fingerprint density at radius 1 is 1.17 bits per heavy atom. The minimum Gasteiger partial charge on any atom is -0.507 e. The van der Waals surface area contributed by atoms with Gasteiger partial charge in [-0.25, -0.2) is 0 Å². The highest BCUT2D eigenvalue weighted by atomic mass is 79.9. The average Bonchev–Trinajstić information content (AvgIpc) is 2.66. The summed E-state index contributed by atoms with van der Waals surface area (Å²) in [6, 6.07) is 12.0. The lowest BCUT2D eigenvalue weighted by molar-refractivity contribution is -0.779. The molecule has 5 heteroatoms. The maximum Gasteiger partial charge on any atom is 0.288 e. The van der Waals surface area contributed by atoms with Gasteiger partial charge in [0.05, 0.1) is 21.4 Å². The quantitative estimate of drug-likeness (QED) is 0.702. The number of benzene rings is 2. The highest BCUT2D eigenvalue weighted by Gasteiger charge is 2.21. The van der Waals surface area contributed by atoms with Gasteiger partial charge in [0.15, 0.2) is 0 Å². The fourth-order valence-electron chi connectivity index (χ4n) is 1.92. The van der Waals surface area contributed by atoms with E-state index in [1.54, 1.807) is 36.4 Å². The summed E-state index contributed by atoms with van der Waals surface area (Å²) in [5, 5.41) is 22.3. The van der Waals surface area contributed by atoms with Crippen LogP contribution in [0.5, 0.6) is 5.75 Å². The minimum atomic E-state index is 0.0461. The summed E-state index contributed by atoms with van der Waals surface area (Å²) in [5.74, 6) is 0.0461. The average molecular weight is 306 g/mol. The van der Waals surface area contributed by atoms with E-state index in [0.29, 0.717) is 27.1 Å². The molecule has 0 aliphatic rings. The van der Waals surface area contributed by atoms with Gasteiger partial charge in [-0.3, -0.25) is 5.21 Å². The van der Waals surface area contributed by atoms with Gasteiger partial charge in [-0.15, -0.1) is 0 Å². The molecule has 0 spiro atoms. The van der Waals surface area contributed by atoms with Crippen LogP contribution in [0.4, 0.5) is 0 Å². The van der Waals surface area contributed by atoms with E-state index in [-0.39, 0.29) is 5.75 Å². The zero-order valence-electron chi connectivity index (χ0n) is 9.13. The Labute approximate surface area is 111 Å². The van der Waals surface area contributed by atoms with Crippen LogP contribution in [0.1, 0.15) is 0 Å². The van der Waals surface area contributed by atoms with Crippen molar-refractivity contribution in [1.82, 2.24) is 0 Å². The molecule has 0 aliphatic heterocycles. The van der Waals surface area contributed by atoms with Crippen LogP contribution in [0.15, 0.2) is 51.5 Å². The molecule has 0 saturated carbocycles. The van der Waals surface area contributed by atoms with Crippen molar-refractivity contribution in [1.29, 1.82) is 0 Å². The van der Waals surface area contributed by atoms with Crippen molar-refractivity contribution >= 4 is 26.9 Å². The first-order valence-electron chi connectivity index (χ1n) is 5.27. The number of halogens is 1. The molecule has 1 aromatic heterocycles. The second-order valence-electron chi connectivity index (χ2n) is 3.85. The van der Waals surface area contributed by atoms with Gasteiger partial charge in [0, 0.05) is 4.47 Å². The number of aromatic nitrogens is 1. The summed E-state index contributed by atoms with van der Waals surface area (Å²) in [5.41, 5.74) is 1.24. The number of rotatable bonds is 1. The lowest BCUT2D eigenvalue weighted by atomic mass is 10.1. The number of fused-ring (bicyclic) bond motifs is 1. The zero-order valence-corrected chi connectivity index (χ0v) is 10.7. The summed E-state index contributed by atoms with van der Waals surface area (Å²) in [6.07, 6.45) is 0. The van der Waals surface area contributed by atoms with Gasteiger partial charge in [0.1, 0.15) is 5.75 Å². The van der Waals surface area contributed by atoms with Crippen molar-refractivity contribution in [3.05, 3.63) is 52.1 Å². The molecule has 0 saturated heterocycles. The predicted molar refractivity (Wildman–Crippen MR) is 70.0 cm³/mol. The summed E-state index contributed by atoms with van der Waals surface area (Å²) in [4.78, 5) is 0.423. The van der Waals surface area contributed by atoms with Crippen molar-refractivity contribution < 1.29 is 14.5 Å². The maximum absolute atomic E-state index is 11.8. The molecule has 90 valence electrons. The molecule has 4 nitrogen and oxygen atoms in total. The van der Waals surface area contributed by atoms with E-state index in [1.165, 1.54) is 6.07 Å². The monoisotopic (exact) mass is 305 g/mol. The Bertz CT molecular complexity index is 736. The van der Waals surface area contributed by atoms with E-state index < -0.39 is 0 Å². The van der Waals surface area contributed by atoms with E-state index >= 15 is 0 Å². The standard InChI is InChI=1S/C13H8BrNO3/c14-8-5-6-12-10(7-8)13(15(17)18-12)9-3-1-2-4-11(9)16/h1-7,16H. The van der Waals surface area contributed by atoms with E-state index in [2.05, 4.69) is 15.9 Å². The first-order valence-corrected chi connectivity index (χ1v) is 6.06. The van der Waals surface area contributed by atoms with Crippen LogP contribution in [-0.4, -0.2) is 5.11 Å². The van der Waals surface area contributed by atoms with Crippen LogP contribution in [0.2, 0.25) is 0 Å². The molecule has 2 aromatic carbocycles. The van der Waals surface area contributed by atoms with Crippen LogP contribution >= 0.6 is 15.9 Å². The number of hydrogen-bond donors (Lipinski definition) is 1. The Kier molecular flexibility index (Phi) is 2.48. The molecular formula is C13H8BrNO3. The highest BCUT2D eigenvalue weighted by Crippen LogP contribution is 2.33. The molecule has 0 atom stereocenters. The summed E-state index contributed by atoms with van der Waals surface area (Å²) in [6.45, 7) is 0. The fraction of sp³-hybridized carbons (Fsp3) is 0. The van der Waals surface area contributed by atoms with Crippen LogP contribution in [-0.2, 0) is 0 Å². The number of phenols is 1. The number of phenolic OH excluding ortho intramolecular Hbond substituents is 1. The molecule has 0 fully saturated rings. The normalized spacial score (nSPS) is 10.9. The lowest BCUT2D eigenvalue weighted by Crippen LogP contribution is -2.24. The van der Waals surface area contributed by atoms with E-state index in [4.69, 9.17) is 4.52 Å². The molecule has 3 rings (SSSR count). The number of aromatic hydroxyl groups is 1. The maximum atomic E-state index is 11.8. The largest absolute Gasteiger partial charge is 0.507 e. The van der Waals surface area contributed by atoms with Gasteiger partial charge in [0.2, 0.25) is 0 Å². The highest BCUT2D eigenvalue weighted by molar-refractivity contribution is 9.10. The van der Waals surface area contributed by atoms with Crippen LogP contribution in [0.3, 0.4) is 0 Å². The third-order valence-electron chi connectivity index (χ3n) is 2.72. The van der Waals surface area contributed by atoms with E-state index in [1.807, 2.05) is 0 Å². The van der Waals surface area contributed by atoms with Gasteiger partial charge >= 0.3 is 0 Å². The molecule has 0 aliphatic carbocycles. The molecule has 1 N–H and O–H groups in total. The van der Waals surface area contributed by atoms with Crippen LogP contribution in [0, 0.1) is 5.21 Å². The Balaban J connectivity index is 2.38. The van der Waals surface area contributed by atoms with Crippen molar-refractivity contribution in [3.63, 3.8) is 0 Å². The fourth-order valence-corrected chi connectivity index (χ4v) is 2.28. The molecule has 0 unspecified atom stereocenters. The summed E-state index contributed by atoms with van der Waals surface area (Å²) in [7, 11) is 0. The molecule has 0 radical (unpaired) electrons. The Morgan fingerprint density at radius 3 is 2.72 bits per heavy atom. The predicted octanol–water partition coefficient (Wildman–Crippen LogP) is 3.20. The SMILES string of the molecule is [O-][n+]1oc2ccc(Br)cc2c1-c1ccccc1O. The van der Waals surface area contributed by atoms with Crippen molar-refractivity contribution in [2.45, 2.75) is 0 Å². The van der Waals surface area contributed by atoms with E-state index in [0.717, 1.165) is 4.47 Å². The Hall–Kier alpha value is -2.01. The minimum absolute atomic E-state index is 0.0461. The molecule has 0 amide bonds. The third kappa shape index (κ3) is 1.64. The van der Waals surface area contributed by atoms with Gasteiger partial charge in [-0.1, -0.05) is 28.1 Å². The Morgan fingerprint density at radius 2 is 1.94 bits per heavy atom. The van der Waals surface area contributed by atoms with Crippen LogP contribution < -0.4 is 4.90 Å². The molecule has 18 heavy (non-hydrogen) atoms.